The van der Waals surface area contributed by atoms with Crippen LogP contribution < -0.4 is 4.90 Å². The van der Waals surface area contributed by atoms with Crippen LogP contribution in [0.3, 0.4) is 0 Å². The smallest absolute Gasteiger partial charge is 0.408 e. The zero-order valence-corrected chi connectivity index (χ0v) is 14.7. The van der Waals surface area contributed by atoms with Crippen LogP contribution in [0.15, 0.2) is 22.6 Å². The molecule has 136 valence electrons. The van der Waals surface area contributed by atoms with E-state index in [4.69, 9.17) is 14.3 Å². The lowest BCUT2D eigenvalue weighted by molar-refractivity contribution is -0.148. The highest BCUT2D eigenvalue weighted by Crippen LogP contribution is 2.24. The highest BCUT2D eigenvalue weighted by Gasteiger charge is 2.36. The lowest BCUT2D eigenvalue weighted by atomic mass is 10.2. The molecule has 2 amide bonds. The number of piperazine rings is 1. The van der Waals surface area contributed by atoms with Gasteiger partial charge in [-0.05, 0) is 39.8 Å². The first-order valence-electron chi connectivity index (χ1n) is 7.90. The van der Waals surface area contributed by atoms with E-state index in [-0.39, 0.29) is 19.0 Å². The first-order valence-corrected chi connectivity index (χ1v) is 7.90. The average molecular weight is 350 g/mol. The van der Waals surface area contributed by atoms with Crippen molar-refractivity contribution >= 4 is 29.9 Å². The Morgan fingerprint density at radius 2 is 2.00 bits per heavy atom. The summed E-state index contributed by atoms with van der Waals surface area (Å²) in [6.45, 7) is 7.26. The predicted molar refractivity (Wildman–Crippen MR) is 90.1 cm³/mol. The van der Waals surface area contributed by atoms with E-state index in [9.17, 15) is 14.4 Å². The van der Waals surface area contributed by atoms with Gasteiger partial charge in [0.15, 0.2) is 0 Å². The van der Waals surface area contributed by atoms with Gasteiger partial charge in [0.05, 0.1) is 0 Å². The van der Waals surface area contributed by atoms with E-state index in [0.717, 1.165) is 4.90 Å². The molecule has 1 N–H and O–H groups in total. The number of anilines is 1. The monoisotopic (exact) mass is 350 g/mol. The molecular formula is C17H22N2O6. The van der Waals surface area contributed by atoms with Gasteiger partial charge in [-0.15, -0.1) is 0 Å². The molecule has 1 atom stereocenters. The molecule has 0 saturated carbocycles. The van der Waals surface area contributed by atoms with Gasteiger partial charge in [0, 0.05) is 25.2 Å². The highest BCUT2D eigenvalue weighted by atomic mass is 16.6. The number of hydrogen-bond acceptors (Lipinski definition) is 5. The number of carbonyl (C=O) groups is 3. The number of carboxylic acid groups (broad SMARTS) is 1. The van der Waals surface area contributed by atoms with Crippen molar-refractivity contribution in [1.29, 1.82) is 0 Å². The number of carbonyl (C=O) groups excluding carboxylic acids is 2. The summed E-state index contributed by atoms with van der Waals surface area (Å²) in [5.74, 6) is -0.149. The van der Waals surface area contributed by atoms with Crippen molar-refractivity contribution in [3.05, 3.63) is 24.0 Å². The molecule has 25 heavy (non-hydrogen) atoms. The van der Waals surface area contributed by atoms with Crippen molar-refractivity contribution in [3.8, 4) is 0 Å². The molecule has 1 aliphatic rings. The maximum absolute atomic E-state index is 12.3. The van der Waals surface area contributed by atoms with Gasteiger partial charge in [0.2, 0.25) is 5.88 Å². The van der Waals surface area contributed by atoms with Crippen LogP contribution in [0.4, 0.5) is 10.7 Å². The van der Waals surface area contributed by atoms with Crippen LogP contribution in [0.1, 0.15) is 33.5 Å². The first kappa shape index (κ1) is 18.6. The number of amides is 2. The summed E-state index contributed by atoms with van der Waals surface area (Å²) in [5, 5.41) is 9.07. The van der Waals surface area contributed by atoms with Crippen LogP contribution in [0.2, 0.25) is 0 Å². The molecule has 2 heterocycles. The highest BCUT2D eigenvalue weighted by molar-refractivity contribution is 5.98. The fraction of sp³-hybridized carbons (Fsp3) is 0.471. The normalized spacial score (nSPS) is 18.7. The van der Waals surface area contributed by atoms with Gasteiger partial charge >= 0.3 is 12.1 Å². The molecule has 0 bridgehead atoms. The maximum atomic E-state index is 12.3. The van der Waals surface area contributed by atoms with Gasteiger partial charge in [0.1, 0.15) is 17.4 Å². The minimum absolute atomic E-state index is 0.200. The second-order valence-electron chi connectivity index (χ2n) is 6.68. The summed E-state index contributed by atoms with van der Waals surface area (Å²) in [6.07, 6.45) is 1.58. The predicted octanol–water partition coefficient (Wildman–Crippen LogP) is 2.35. The molecule has 0 spiro atoms. The third kappa shape index (κ3) is 4.62. The van der Waals surface area contributed by atoms with Crippen molar-refractivity contribution in [3.63, 3.8) is 0 Å². The Bertz CT molecular complexity index is 700. The molecule has 8 heteroatoms. The van der Waals surface area contributed by atoms with Crippen LogP contribution in [0.5, 0.6) is 0 Å². The van der Waals surface area contributed by atoms with Crippen LogP contribution in [0, 0.1) is 0 Å². The molecule has 1 aromatic rings. The van der Waals surface area contributed by atoms with Crippen molar-refractivity contribution in [2.24, 2.45) is 0 Å². The van der Waals surface area contributed by atoms with Crippen molar-refractivity contribution < 1.29 is 28.6 Å². The Morgan fingerprint density at radius 3 is 2.60 bits per heavy atom. The Hall–Kier alpha value is -2.77. The number of furan rings is 1. The van der Waals surface area contributed by atoms with Gasteiger partial charge < -0.3 is 14.3 Å². The lowest BCUT2D eigenvalue weighted by Crippen LogP contribution is -2.57. The van der Waals surface area contributed by atoms with Gasteiger partial charge in [-0.2, -0.15) is 0 Å². The third-order valence-electron chi connectivity index (χ3n) is 3.57. The maximum Gasteiger partial charge on any atom is 0.408 e. The number of rotatable bonds is 3. The van der Waals surface area contributed by atoms with Crippen LogP contribution in [-0.4, -0.2) is 52.7 Å². The van der Waals surface area contributed by atoms with E-state index >= 15 is 0 Å². The third-order valence-corrected chi connectivity index (χ3v) is 3.57. The molecule has 0 aliphatic carbocycles. The molecule has 1 unspecified atom stereocenters. The van der Waals surface area contributed by atoms with Gasteiger partial charge in [-0.1, -0.05) is 0 Å². The quantitative estimate of drug-likeness (QED) is 0.663. The minimum Gasteiger partial charge on any atom is -0.465 e. The molecule has 1 aliphatic heterocycles. The van der Waals surface area contributed by atoms with Crippen molar-refractivity contribution in [1.82, 2.24) is 4.90 Å². The number of esters is 1. The van der Waals surface area contributed by atoms with Gasteiger partial charge in [0.25, 0.3) is 5.91 Å². The molecule has 1 fully saturated rings. The van der Waals surface area contributed by atoms with E-state index in [0.29, 0.717) is 11.6 Å². The van der Waals surface area contributed by atoms with E-state index in [1.165, 1.54) is 24.0 Å². The Morgan fingerprint density at radius 1 is 1.32 bits per heavy atom. The number of ether oxygens (including phenoxy) is 1. The first-order chi connectivity index (χ1) is 11.6. The average Bonchev–Trinajstić information content (AvgIpc) is 2.94. The standard InChI is InChI=1S/C17H22N2O6/c1-11-15(21)19(10-9-18(11)16(22)23)13-7-5-12(24-13)6-8-14(20)25-17(2,3)4/h5-8,11H,9-10H2,1-4H3,(H,22,23). The second kappa shape index (κ2) is 7.00. The SMILES string of the molecule is CC1C(=O)N(c2ccc(C=CC(=O)OC(C)(C)C)o2)CCN1C(=O)O. The Kier molecular flexibility index (Phi) is 5.20. The van der Waals surface area contributed by atoms with Gasteiger partial charge in [-0.3, -0.25) is 14.6 Å². The van der Waals surface area contributed by atoms with Crippen LogP contribution in [-0.2, 0) is 14.3 Å². The molecule has 8 nitrogen and oxygen atoms in total. The molecule has 1 aromatic heterocycles. The Balaban J connectivity index is 2.05. The van der Waals surface area contributed by atoms with E-state index in [1.807, 2.05) is 0 Å². The lowest BCUT2D eigenvalue weighted by Gasteiger charge is -2.36. The second-order valence-corrected chi connectivity index (χ2v) is 6.68. The zero-order chi connectivity index (χ0) is 18.8. The van der Waals surface area contributed by atoms with Crippen LogP contribution in [0.25, 0.3) is 6.08 Å². The molecule has 0 aromatic carbocycles. The van der Waals surface area contributed by atoms with Crippen molar-refractivity contribution in [2.45, 2.75) is 39.3 Å². The van der Waals surface area contributed by atoms with E-state index in [1.54, 1.807) is 32.9 Å². The molecular weight excluding hydrogens is 328 g/mol. The van der Waals surface area contributed by atoms with E-state index in [2.05, 4.69) is 0 Å². The Labute approximate surface area is 145 Å². The topological polar surface area (TPSA) is 100 Å². The summed E-state index contributed by atoms with van der Waals surface area (Å²) >= 11 is 0. The molecule has 2 rings (SSSR count). The number of nitrogens with zero attached hydrogens (tertiary/aromatic N) is 2. The fourth-order valence-corrected chi connectivity index (χ4v) is 2.41. The summed E-state index contributed by atoms with van der Waals surface area (Å²) in [7, 11) is 0. The van der Waals surface area contributed by atoms with Crippen LogP contribution >= 0.6 is 0 Å². The summed E-state index contributed by atoms with van der Waals surface area (Å²) in [5.41, 5.74) is -0.581. The molecule has 0 radical (unpaired) electrons. The fourth-order valence-electron chi connectivity index (χ4n) is 2.41. The van der Waals surface area contributed by atoms with Crippen molar-refractivity contribution in [2.75, 3.05) is 18.0 Å². The summed E-state index contributed by atoms with van der Waals surface area (Å²) < 4.78 is 10.7. The zero-order valence-electron chi connectivity index (χ0n) is 14.7. The van der Waals surface area contributed by atoms with Gasteiger partial charge in [-0.25, -0.2) is 9.59 Å². The number of hydrogen-bond donors (Lipinski definition) is 1. The largest absolute Gasteiger partial charge is 0.465 e. The summed E-state index contributed by atoms with van der Waals surface area (Å²) in [4.78, 5) is 37.6. The van der Waals surface area contributed by atoms with E-state index < -0.39 is 23.7 Å². The molecule has 1 saturated heterocycles. The minimum atomic E-state index is -1.12. The summed E-state index contributed by atoms with van der Waals surface area (Å²) in [6, 6.07) is 2.45.